The summed E-state index contributed by atoms with van der Waals surface area (Å²) >= 11 is 0. The molecule has 0 saturated heterocycles. The van der Waals surface area contributed by atoms with E-state index < -0.39 is 29.6 Å². The van der Waals surface area contributed by atoms with Crippen LogP contribution in [-0.2, 0) is 4.79 Å². The first kappa shape index (κ1) is 15.7. The summed E-state index contributed by atoms with van der Waals surface area (Å²) in [5, 5.41) is 0. The van der Waals surface area contributed by atoms with Crippen molar-refractivity contribution in [1.82, 2.24) is 0 Å². The van der Waals surface area contributed by atoms with Gasteiger partial charge in [-0.25, -0.2) is 0 Å². The van der Waals surface area contributed by atoms with Crippen LogP contribution < -0.4 is 9.47 Å². The maximum absolute atomic E-state index is 12.9. The van der Waals surface area contributed by atoms with Gasteiger partial charge in [0, 0.05) is 13.8 Å². The minimum Gasteiger partial charge on any atom is -0.449 e. The Morgan fingerprint density at radius 1 is 1.19 bits per heavy atom. The van der Waals surface area contributed by atoms with Gasteiger partial charge in [0.2, 0.25) is 5.79 Å². The average Bonchev–Trinajstić information content (AvgIpc) is 2.60. The smallest absolute Gasteiger partial charge is 0.392 e. The van der Waals surface area contributed by atoms with Crippen LogP contribution in [0.4, 0.5) is 13.2 Å². The van der Waals surface area contributed by atoms with Crippen molar-refractivity contribution in [3.05, 3.63) is 23.8 Å². The maximum Gasteiger partial charge on any atom is 0.392 e. The quantitative estimate of drug-likeness (QED) is 0.844. The van der Waals surface area contributed by atoms with Crippen LogP contribution in [0.2, 0.25) is 0 Å². The first-order valence-electron chi connectivity index (χ1n) is 6.60. The molecule has 116 valence electrons. The lowest BCUT2D eigenvalue weighted by atomic mass is 9.84. The number of ketones is 1. The highest BCUT2D eigenvalue weighted by Crippen LogP contribution is 2.44. The number of carbonyl (C=O) groups excluding carboxylic acids is 1. The van der Waals surface area contributed by atoms with Crippen molar-refractivity contribution in [2.24, 2.45) is 5.92 Å². The monoisotopic (exact) mass is 302 g/mol. The first-order valence-corrected chi connectivity index (χ1v) is 6.60. The van der Waals surface area contributed by atoms with E-state index in [0.717, 1.165) is 6.92 Å². The highest BCUT2D eigenvalue weighted by atomic mass is 19.4. The largest absolute Gasteiger partial charge is 0.449 e. The van der Waals surface area contributed by atoms with Crippen LogP contribution in [0.25, 0.3) is 0 Å². The lowest BCUT2D eigenvalue weighted by molar-refractivity contribution is -0.178. The number of hydrogen-bond acceptors (Lipinski definition) is 3. The number of alkyl halides is 3. The van der Waals surface area contributed by atoms with E-state index in [9.17, 15) is 18.0 Å². The normalized spacial score (nSPS) is 19.2. The minimum absolute atomic E-state index is 0.285. The van der Waals surface area contributed by atoms with Gasteiger partial charge in [0.25, 0.3) is 0 Å². The molecular weight excluding hydrogens is 285 g/mol. The summed E-state index contributed by atoms with van der Waals surface area (Å²) in [5.41, 5.74) is 0.285. The van der Waals surface area contributed by atoms with Crippen molar-refractivity contribution in [3.8, 4) is 11.5 Å². The second-order valence-electron chi connectivity index (χ2n) is 5.73. The number of rotatable bonds is 3. The summed E-state index contributed by atoms with van der Waals surface area (Å²) < 4.78 is 49.8. The highest BCUT2D eigenvalue weighted by Gasteiger charge is 2.44. The van der Waals surface area contributed by atoms with E-state index in [1.807, 2.05) is 0 Å². The second-order valence-corrected chi connectivity index (χ2v) is 5.73. The van der Waals surface area contributed by atoms with E-state index in [2.05, 4.69) is 0 Å². The first-order chi connectivity index (χ1) is 9.51. The molecular formula is C15H17F3O3. The van der Waals surface area contributed by atoms with E-state index in [-0.39, 0.29) is 5.56 Å². The molecule has 1 aromatic carbocycles. The van der Waals surface area contributed by atoms with Crippen LogP contribution in [-0.4, -0.2) is 17.7 Å². The van der Waals surface area contributed by atoms with Crippen molar-refractivity contribution in [3.63, 3.8) is 0 Å². The van der Waals surface area contributed by atoms with Crippen LogP contribution in [0.1, 0.15) is 39.2 Å². The van der Waals surface area contributed by atoms with Crippen molar-refractivity contribution >= 4 is 5.78 Å². The third-order valence-electron chi connectivity index (χ3n) is 3.49. The zero-order chi connectivity index (χ0) is 16.0. The molecule has 3 nitrogen and oxygen atoms in total. The Bertz CT molecular complexity index is 564. The molecule has 2 rings (SSSR count). The van der Waals surface area contributed by atoms with Gasteiger partial charge in [-0.15, -0.1) is 0 Å². The molecule has 0 aliphatic carbocycles. The Hall–Kier alpha value is -1.72. The van der Waals surface area contributed by atoms with Crippen molar-refractivity contribution in [2.75, 3.05) is 0 Å². The molecule has 6 heteroatoms. The molecule has 1 aromatic rings. The highest BCUT2D eigenvalue weighted by molar-refractivity contribution is 5.84. The fourth-order valence-electron chi connectivity index (χ4n) is 2.50. The number of benzene rings is 1. The number of halogens is 3. The molecule has 0 saturated carbocycles. The molecule has 0 radical (unpaired) electrons. The Balaban J connectivity index is 2.38. The van der Waals surface area contributed by atoms with Crippen LogP contribution in [0, 0.1) is 5.92 Å². The van der Waals surface area contributed by atoms with Gasteiger partial charge in [0.15, 0.2) is 11.5 Å². The predicted molar refractivity (Wildman–Crippen MR) is 70.4 cm³/mol. The molecule has 1 unspecified atom stereocenters. The second kappa shape index (κ2) is 4.93. The van der Waals surface area contributed by atoms with E-state index in [4.69, 9.17) is 9.47 Å². The molecule has 0 bridgehead atoms. The van der Waals surface area contributed by atoms with E-state index >= 15 is 0 Å². The van der Waals surface area contributed by atoms with E-state index in [1.54, 1.807) is 19.9 Å². The molecule has 1 aliphatic rings. The van der Waals surface area contributed by atoms with E-state index in [0.29, 0.717) is 11.5 Å². The summed E-state index contributed by atoms with van der Waals surface area (Å²) in [6.07, 6.45) is -4.44. The molecule has 1 heterocycles. The SMILES string of the molecule is CC(=O)C(c1ccc2c(c1)OC(C)(C)O2)[C@@H](C)C(F)(F)F. The van der Waals surface area contributed by atoms with Gasteiger partial charge in [-0.1, -0.05) is 13.0 Å². The third kappa shape index (κ3) is 3.14. The molecule has 0 spiro atoms. The number of Topliss-reactive ketones (excluding diaryl/α,β-unsaturated/α-hetero) is 1. The van der Waals surface area contributed by atoms with Gasteiger partial charge in [0.05, 0.1) is 11.8 Å². The zero-order valence-electron chi connectivity index (χ0n) is 12.2. The number of fused-ring (bicyclic) bond motifs is 1. The molecule has 21 heavy (non-hydrogen) atoms. The van der Waals surface area contributed by atoms with Gasteiger partial charge in [-0.3, -0.25) is 4.79 Å². The standard InChI is InChI=1S/C15H17F3O3/c1-8(15(16,17)18)13(9(2)19)10-5-6-11-12(7-10)21-14(3,4)20-11/h5-8,13H,1-4H3/t8-,13?/m1/s1. The van der Waals surface area contributed by atoms with Gasteiger partial charge in [-0.05, 0) is 24.6 Å². The fraction of sp³-hybridized carbons (Fsp3) is 0.533. The van der Waals surface area contributed by atoms with Gasteiger partial charge < -0.3 is 9.47 Å². The maximum atomic E-state index is 12.9. The molecule has 0 fully saturated rings. The Kier molecular flexibility index (Phi) is 3.68. The van der Waals surface area contributed by atoms with Gasteiger partial charge >= 0.3 is 6.18 Å². The summed E-state index contributed by atoms with van der Waals surface area (Å²) in [6.45, 7) is 5.59. The van der Waals surface area contributed by atoms with Crippen molar-refractivity contribution < 1.29 is 27.4 Å². The molecule has 0 aromatic heterocycles. The summed E-state index contributed by atoms with van der Waals surface area (Å²) in [4.78, 5) is 11.7. The lowest BCUT2D eigenvalue weighted by Crippen LogP contribution is -2.30. The Morgan fingerprint density at radius 3 is 2.29 bits per heavy atom. The molecule has 2 atom stereocenters. The van der Waals surface area contributed by atoms with Gasteiger partial charge in [0.1, 0.15) is 5.78 Å². The summed E-state index contributed by atoms with van der Waals surface area (Å²) in [7, 11) is 0. The number of ether oxygens (including phenoxy) is 2. The van der Waals surface area contributed by atoms with Crippen LogP contribution in [0.3, 0.4) is 0 Å². The van der Waals surface area contributed by atoms with Crippen LogP contribution in [0.15, 0.2) is 18.2 Å². The Morgan fingerprint density at radius 2 is 1.76 bits per heavy atom. The summed E-state index contributed by atoms with van der Waals surface area (Å²) in [5.74, 6) is -3.57. The fourth-order valence-corrected chi connectivity index (χ4v) is 2.50. The summed E-state index contributed by atoms with van der Waals surface area (Å²) in [6, 6.07) is 4.48. The molecule has 0 amide bonds. The van der Waals surface area contributed by atoms with Crippen LogP contribution >= 0.6 is 0 Å². The topological polar surface area (TPSA) is 35.5 Å². The minimum atomic E-state index is -4.44. The Labute approximate surface area is 121 Å². The number of carbonyl (C=O) groups is 1. The van der Waals surface area contributed by atoms with Crippen molar-refractivity contribution in [1.29, 1.82) is 0 Å². The molecule has 1 aliphatic heterocycles. The third-order valence-corrected chi connectivity index (χ3v) is 3.49. The van der Waals surface area contributed by atoms with Crippen molar-refractivity contribution in [2.45, 2.75) is 45.6 Å². The van der Waals surface area contributed by atoms with Gasteiger partial charge in [-0.2, -0.15) is 13.2 Å². The van der Waals surface area contributed by atoms with E-state index in [1.165, 1.54) is 19.1 Å². The lowest BCUT2D eigenvalue weighted by Gasteiger charge is -2.24. The molecule has 0 N–H and O–H groups in total. The van der Waals surface area contributed by atoms with Crippen LogP contribution in [0.5, 0.6) is 11.5 Å². The number of hydrogen-bond donors (Lipinski definition) is 0. The average molecular weight is 302 g/mol. The zero-order valence-corrected chi connectivity index (χ0v) is 12.2. The predicted octanol–water partition coefficient (Wildman–Crippen LogP) is 4.06.